The van der Waals surface area contributed by atoms with Crippen LogP contribution in [0.25, 0.3) is 22.2 Å². The highest BCUT2D eigenvalue weighted by atomic mass is 79.9. The molecule has 0 saturated heterocycles. The van der Waals surface area contributed by atoms with E-state index in [1.54, 1.807) is 41.7 Å². The average molecular weight is 441 g/mol. The Morgan fingerprint density at radius 2 is 1.93 bits per heavy atom. The summed E-state index contributed by atoms with van der Waals surface area (Å²) >= 11 is 4.95. The largest absolute Gasteiger partial charge is 0.422 e. The van der Waals surface area contributed by atoms with Gasteiger partial charge in [0.15, 0.2) is 0 Å². The molecule has 0 saturated carbocycles. The maximum Gasteiger partial charge on any atom is 0.349 e. The molecule has 2 aromatic heterocycles. The number of benzene rings is 2. The predicted octanol–water partition coefficient (Wildman–Crippen LogP) is 5.24. The van der Waals surface area contributed by atoms with Crippen LogP contribution in [0.15, 0.2) is 67.6 Å². The van der Waals surface area contributed by atoms with Gasteiger partial charge in [0.05, 0.1) is 10.7 Å². The summed E-state index contributed by atoms with van der Waals surface area (Å²) in [5, 5.41) is 6.39. The molecule has 0 radical (unpaired) electrons. The van der Waals surface area contributed by atoms with Crippen molar-refractivity contribution in [2.45, 2.75) is 6.92 Å². The summed E-state index contributed by atoms with van der Waals surface area (Å²) in [4.78, 5) is 29.1. The Bertz CT molecular complexity index is 1210. The van der Waals surface area contributed by atoms with Crippen LogP contribution in [0.3, 0.4) is 0 Å². The van der Waals surface area contributed by atoms with Crippen molar-refractivity contribution in [2.24, 2.45) is 0 Å². The Morgan fingerprint density at radius 1 is 1.15 bits per heavy atom. The van der Waals surface area contributed by atoms with E-state index in [9.17, 15) is 9.59 Å². The van der Waals surface area contributed by atoms with Gasteiger partial charge >= 0.3 is 5.63 Å². The SMILES string of the molecule is Cc1nc(-c2ccc(NC(=O)c3cc4cc(Br)ccc4oc3=O)cc2)cs1. The van der Waals surface area contributed by atoms with Crippen molar-refractivity contribution in [1.82, 2.24) is 4.98 Å². The molecule has 0 spiro atoms. The van der Waals surface area contributed by atoms with Crippen molar-refractivity contribution in [1.29, 1.82) is 0 Å². The maximum atomic E-state index is 12.5. The van der Waals surface area contributed by atoms with Gasteiger partial charge in [-0.1, -0.05) is 28.1 Å². The van der Waals surface area contributed by atoms with E-state index in [4.69, 9.17) is 4.42 Å². The minimum atomic E-state index is -0.670. The Balaban J connectivity index is 1.59. The fraction of sp³-hybridized carbons (Fsp3) is 0.0500. The molecular weight excluding hydrogens is 428 g/mol. The summed E-state index contributed by atoms with van der Waals surface area (Å²) in [7, 11) is 0. The summed E-state index contributed by atoms with van der Waals surface area (Å²) in [6.07, 6.45) is 0. The summed E-state index contributed by atoms with van der Waals surface area (Å²) in [6, 6.07) is 14.1. The number of aryl methyl sites for hydroxylation is 1. The number of anilines is 1. The van der Waals surface area contributed by atoms with E-state index in [1.165, 1.54) is 6.07 Å². The number of hydrogen-bond donors (Lipinski definition) is 1. The zero-order valence-corrected chi connectivity index (χ0v) is 16.6. The number of fused-ring (bicyclic) bond motifs is 1. The summed E-state index contributed by atoms with van der Waals surface area (Å²) < 4.78 is 6.08. The van der Waals surface area contributed by atoms with Gasteiger partial charge < -0.3 is 9.73 Å². The van der Waals surface area contributed by atoms with Gasteiger partial charge in [0, 0.05) is 26.5 Å². The highest BCUT2D eigenvalue weighted by molar-refractivity contribution is 9.10. The van der Waals surface area contributed by atoms with Crippen LogP contribution in [0, 0.1) is 6.92 Å². The fourth-order valence-corrected chi connectivity index (χ4v) is 3.67. The molecule has 5 nitrogen and oxygen atoms in total. The van der Waals surface area contributed by atoms with E-state index in [0.717, 1.165) is 20.7 Å². The second-order valence-corrected chi connectivity index (χ2v) is 7.89. The van der Waals surface area contributed by atoms with Gasteiger partial charge in [-0.3, -0.25) is 4.79 Å². The lowest BCUT2D eigenvalue weighted by Crippen LogP contribution is -2.20. The van der Waals surface area contributed by atoms with Crippen molar-refractivity contribution in [3.8, 4) is 11.3 Å². The van der Waals surface area contributed by atoms with Crippen LogP contribution in [-0.4, -0.2) is 10.9 Å². The fourth-order valence-electron chi connectivity index (χ4n) is 2.67. The van der Waals surface area contributed by atoms with Crippen LogP contribution >= 0.6 is 27.3 Å². The van der Waals surface area contributed by atoms with Crippen LogP contribution in [-0.2, 0) is 0 Å². The number of thiazole rings is 1. The molecule has 134 valence electrons. The number of halogens is 1. The van der Waals surface area contributed by atoms with Gasteiger partial charge in [-0.15, -0.1) is 11.3 Å². The number of aromatic nitrogens is 1. The second-order valence-electron chi connectivity index (χ2n) is 5.91. The van der Waals surface area contributed by atoms with E-state index in [1.807, 2.05) is 24.4 Å². The molecule has 0 aliphatic carbocycles. The molecule has 0 aliphatic rings. The second kappa shape index (κ2) is 7.09. The summed E-state index contributed by atoms with van der Waals surface area (Å²) in [6.45, 7) is 1.95. The van der Waals surface area contributed by atoms with Gasteiger partial charge in [-0.25, -0.2) is 9.78 Å². The molecule has 0 fully saturated rings. The monoisotopic (exact) mass is 440 g/mol. The molecule has 1 N–H and O–H groups in total. The molecule has 0 bridgehead atoms. The van der Waals surface area contributed by atoms with E-state index in [2.05, 4.69) is 26.2 Å². The number of carbonyl (C=O) groups is 1. The van der Waals surface area contributed by atoms with Crippen LogP contribution in [0.4, 0.5) is 5.69 Å². The topological polar surface area (TPSA) is 72.2 Å². The van der Waals surface area contributed by atoms with Crippen LogP contribution in [0.5, 0.6) is 0 Å². The van der Waals surface area contributed by atoms with Gasteiger partial charge in [0.2, 0.25) is 0 Å². The molecule has 1 amide bonds. The van der Waals surface area contributed by atoms with Gasteiger partial charge in [-0.2, -0.15) is 0 Å². The normalized spacial score (nSPS) is 10.9. The lowest BCUT2D eigenvalue weighted by atomic mass is 10.1. The minimum Gasteiger partial charge on any atom is -0.422 e. The number of amides is 1. The Morgan fingerprint density at radius 3 is 2.63 bits per heavy atom. The first-order valence-corrected chi connectivity index (χ1v) is 9.74. The quantitative estimate of drug-likeness (QED) is 0.442. The van der Waals surface area contributed by atoms with Crippen LogP contribution in [0.1, 0.15) is 15.4 Å². The molecular formula is C20H13BrN2O3S. The van der Waals surface area contributed by atoms with Crippen molar-refractivity contribution in [3.05, 3.63) is 79.4 Å². The van der Waals surface area contributed by atoms with Gasteiger partial charge in [0.25, 0.3) is 5.91 Å². The highest BCUT2D eigenvalue weighted by Gasteiger charge is 2.14. The van der Waals surface area contributed by atoms with Gasteiger partial charge in [-0.05, 0) is 43.3 Å². The molecule has 27 heavy (non-hydrogen) atoms. The third kappa shape index (κ3) is 3.70. The Hall–Kier alpha value is -2.77. The van der Waals surface area contributed by atoms with Crippen LogP contribution in [0.2, 0.25) is 0 Å². The zero-order chi connectivity index (χ0) is 19.0. The standard InChI is InChI=1S/C20H13BrN2O3S/c1-11-22-17(10-27-11)12-2-5-15(6-3-12)23-19(24)16-9-13-8-14(21)4-7-18(13)26-20(16)25/h2-10H,1H3,(H,23,24). The number of hydrogen-bond acceptors (Lipinski definition) is 5. The summed E-state index contributed by atoms with van der Waals surface area (Å²) in [5.41, 5.74) is 2.17. The molecule has 2 aromatic carbocycles. The van der Waals surface area contributed by atoms with E-state index < -0.39 is 11.5 Å². The van der Waals surface area contributed by atoms with E-state index >= 15 is 0 Å². The first-order valence-electron chi connectivity index (χ1n) is 8.07. The smallest absolute Gasteiger partial charge is 0.349 e. The molecule has 4 aromatic rings. The molecule has 2 heterocycles. The first kappa shape index (κ1) is 17.6. The number of carbonyl (C=O) groups excluding carboxylic acids is 1. The zero-order valence-electron chi connectivity index (χ0n) is 14.2. The average Bonchev–Trinajstić information content (AvgIpc) is 3.08. The first-order chi connectivity index (χ1) is 13.0. The molecule has 0 aliphatic heterocycles. The number of rotatable bonds is 3. The molecule has 0 atom stereocenters. The molecule has 7 heteroatoms. The van der Waals surface area contributed by atoms with Crippen molar-refractivity contribution in [2.75, 3.05) is 5.32 Å². The third-order valence-electron chi connectivity index (χ3n) is 4.00. The van der Waals surface area contributed by atoms with Crippen molar-refractivity contribution >= 4 is 49.8 Å². The van der Waals surface area contributed by atoms with Crippen molar-refractivity contribution in [3.63, 3.8) is 0 Å². The minimum absolute atomic E-state index is 0.0418. The lowest BCUT2D eigenvalue weighted by molar-refractivity contribution is 0.102. The molecule has 4 rings (SSSR count). The van der Waals surface area contributed by atoms with Crippen LogP contribution < -0.4 is 10.9 Å². The number of nitrogens with zero attached hydrogens (tertiary/aromatic N) is 1. The number of nitrogens with one attached hydrogen (secondary N) is 1. The Labute approximate surface area is 166 Å². The molecule has 0 unspecified atom stereocenters. The highest BCUT2D eigenvalue weighted by Crippen LogP contribution is 2.24. The maximum absolute atomic E-state index is 12.5. The summed E-state index contributed by atoms with van der Waals surface area (Å²) in [5.74, 6) is -0.511. The van der Waals surface area contributed by atoms with Crippen molar-refractivity contribution < 1.29 is 9.21 Å². The predicted molar refractivity (Wildman–Crippen MR) is 110 cm³/mol. The third-order valence-corrected chi connectivity index (χ3v) is 5.26. The lowest BCUT2D eigenvalue weighted by Gasteiger charge is -2.06. The Kier molecular flexibility index (Phi) is 4.63. The van der Waals surface area contributed by atoms with Gasteiger partial charge in [0.1, 0.15) is 11.1 Å². The van der Waals surface area contributed by atoms with E-state index in [0.29, 0.717) is 16.7 Å². The van der Waals surface area contributed by atoms with E-state index in [-0.39, 0.29) is 5.56 Å².